The molecule has 0 unspecified atom stereocenters. The molecule has 4 heterocycles. The van der Waals surface area contributed by atoms with E-state index in [-0.39, 0.29) is 12.1 Å². The molecule has 1 aliphatic heterocycles. The molecule has 1 aliphatic rings. The Hall–Kier alpha value is -3.62. The summed E-state index contributed by atoms with van der Waals surface area (Å²) in [4.78, 5) is 33.3. The molecule has 168 valence electrons. The van der Waals surface area contributed by atoms with Crippen molar-refractivity contribution in [2.24, 2.45) is 0 Å². The number of carboxylic acids is 1. The Labute approximate surface area is 185 Å². The van der Waals surface area contributed by atoms with Crippen LogP contribution in [0.4, 0.5) is 5.82 Å². The van der Waals surface area contributed by atoms with Crippen LogP contribution < -0.4 is 15.7 Å². The number of aromatic nitrogens is 4. The molecule has 0 bridgehead atoms. The van der Waals surface area contributed by atoms with Gasteiger partial charge in [0.2, 0.25) is 5.88 Å². The second-order valence-corrected chi connectivity index (χ2v) is 7.87. The number of aryl methyl sites for hydroxylation is 3. The average Bonchev–Trinajstić information content (AvgIpc) is 3.17. The second kappa shape index (κ2) is 9.67. The summed E-state index contributed by atoms with van der Waals surface area (Å²) in [5, 5.41) is 12.7. The average molecular weight is 438 g/mol. The quantitative estimate of drug-likeness (QED) is 0.529. The van der Waals surface area contributed by atoms with Gasteiger partial charge in [-0.1, -0.05) is 12.1 Å². The van der Waals surface area contributed by atoms with Gasteiger partial charge in [0, 0.05) is 43.4 Å². The van der Waals surface area contributed by atoms with Gasteiger partial charge in [-0.3, -0.25) is 13.9 Å². The number of methoxy groups -OCH3 is 1. The largest absolute Gasteiger partial charge is 0.481 e. The van der Waals surface area contributed by atoms with E-state index in [1.165, 1.54) is 17.2 Å². The molecule has 0 aromatic carbocycles. The first kappa shape index (κ1) is 21.6. The molecule has 0 fully saturated rings. The van der Waals surface area contributed by atoms with Gasteiger partial charge in [0.15, 0.2) is 0 Å². The molecular formula is C23H27N5O4. The maximum atomic E-state index is 13.0. The van der Waals surface area contributed by atoms with E-state index >= 15 is 0 Å². The van der Waals surface area contributed by atoms with E-state index in [4.69, 9.17) is 9.72 Å². The van der Waals surface area contributed by atoms with Gasteiger partial charge in [-0.05, 0) is 42.9 Å². The lowest BCUT2D eigenvalue weighted by Gasteiger charge is -2.17. The van der Waals surface area contributed by atoms with Gasteiger partial charge in [-0.15, -0.1) is 0 Å². The molecule has 3 aromatic rings. The number of imidazole rings is 1. The number of carbonyl (C=O) groups is 1. The van der Waals surface area contributed by atoms with E-state index in [1.807, 2.05) is 0 Å². The molecule has 9 nitrogen and oxygen atoms in total. The van der Waals surface area contributed by atoms with E-state index in [0.29, 0.717) is 18.0 Å². The SMILES string of the molecule is COc1ccc([C@H](CC(=O)O)n2ccn(CCCc3ccc4c(n3)NCCC4)c2=O)cn1. The zero-order valence-electron chi connectivity index (χ0n) is 18.0. The summed E-state index contributed by atoms with van der Waals surface area (Å²) in [5.41, 5.74) is 2.65. The Morgan fingerprint density at radius 2 is 2.16 bits per heavy atom. The van der Waals surface area contributed by atoms with E-state index in [9.17, 15) is 14.7 Å². The maximum absolute atomic E-state index is 13.0. The number of pyridine rings is 2. The number of fused-ring (bicyclic) bond motifs is 1. The summed E-state index contributed by atoms with van der Waals surface area (Å²) >= 11 is 0. The summed E-state index contributed by atoms with van der Waals surface area (Å²) in [5.74, 6) is 0.415. The van der Waals surface area contributed by atoms with Crippen LogP contribution in [-0.2, 0) is 24.2 Å². The minimum absolute atomic E-state index is 0.218. The number of anilines is 1. The molecule has 32 heavy (non-hydrogen) atoms. The van der Waals surface area contributed by atoms with Gasteiger partial charge < -0.3 is 15.2 Å². The van der Waals surface area contributed by atoms with Crippen molar-refractivity contribution in [3.8, 4) is 5.88 Å². The predicted octanol–water partition coefficient (Wildman–Crippen LogP) is 2.50. The zero-order valence-corrected chi connectivity index (χ0v) is 18.0. The Morgan fingerprint density at radius 1 is 1.28 bits per heavy atom. The smallest absolute Gasteiger partial charge is 0.328 e. The summed E-state index contributed by atoms with van der Waals surface area (Å²) in [6, 6.07) is 6.93. The van der Waals surface area contributed by atoms with Crippen LogP contribution in [0.1, 0.15) is 42.1 Å². The van der Waals surface area contributed by atoms with Gasteiger partial charge in [0.25, 0.3) is 0 Å². The van der Waals surface area contributed by atoms with Crippen LogP contribution in [0.3, 0.4) is 0 Å². The molecule has 0 amide bonds. The van der Waals surface area contributed by atoms with Crippen LogP contribution in [0, 0.1) is 0 Å². The zero-order chi connectivity index (χ0) is 22.5. The minimum Gasteiger partial charge on any atom is -0.481 e. The van der Waals surface area contributed by atoms with Crippen molar-refractivity contribution in [1.29, 1.82) is 0 Å². The number of aliphatic carboxylic acids is 1. The molecule has 2 N–H and O–H groups in total. The van der Waals surface area contributed by atoms with Crippen molar-refractivity contribution in [3.63, 3.8) is 0 Å². The highest BCUT2D eigenvalue weighted by Crippen LogP contribution is 2.22. The number of ether oxygens (including phenoxy) is 1. The number of nitrogens with zero attached hydrogens (tertiary/aromatic N) is 4. The summed E-state index contributed by atoms with van der Waals surface area (Å²) in [7, 11) is 1.51. The highest BCUT2D eigenvalue weighted by Gasteiger charge is 2.21. The maximum Gasteiger partial charge on any atom is 0.328 e. The first-order valence-corrected chi connectivity index (χ1v) is 10.8. The van der Waals surface area contributed by atoms with Crippen molar-refractivity contribution in [2.45, 2.75) is 44.7 Å². The van der Waals surface area contributed by atoms with Gasteiger partial charge in [-0.25, -0.2) is 14.8 Å². The van der Waals surface area contributed by atoms with Crippen LogP contribution in [0.5, 0.6) is 5.88 Å². The normalized spacial score (nSPS) is 13.8. The third-order valence-electron chi connectivity index (χ3n) is 5.71. The fraction of sp³-hybridized carbons (Fsp3) is 0.391. The first-order chi connectivity index (χ1) is 15.5. The molecule has 0 aliphatic carbocycles. The molecule has 0 radical (unpaired) electrons. The lowest BCUT2D eigenvalue weighted by Crippen LogP contribution is -2.29. The minimum atomic E-state index is -0.988. The highest BCUT2D eigenvalue weighted by molar-refractivity contribution is 5.68. The van der Waals surface area contributed by atoms with E-state index in [1.54, 1.807) is 35.3 Å². The van der Waals surface area contributed by atoms with Crippen LogP contribution >= 0.6 is 0 Å². The topological polar surface area (TPSA) is 111 Å². The summed E-state index contributed by atoms with van der Waals surface area (Å²) in [6.45, 7) is 1.48. The van der Waals surface area contributed by atoms with Crippen LogP contribution in [0.15, 0.2) is 47.7 Å². The Balaban J connectivity index is 1.46. The standard InChI is InChI=1S/C23H27N5O4/c1-32-20-9-7-17(15-25-20)19(14-21(29)30)28-13-12-27(23(28)31)11-3-5-18-8-6-16-4-2-10-24-22(16)26-18/h6-9,12-13,15,19H,2-5,10-11,14H2,1H3,(H,24,26)(H,29,30)/t19-/m0/s1. The van der Waals surface area contributed by atoms with Crippen molar-refractivity contribution < 1.29 is 14.6 Å². The molecule has 0 saturated carbocycles. The number of nitrogens with one attached hydrogen (secondary N) is 1. The highest BCUT2D eigenvalue weighted by atomic mass is 16.5. The summed E-state index contributed by atoms with van der Waals surface area (Å²) < 4.78 is 8.14. The molecule has 4 rings (SSSR count). The first-order valence-electron chi connectivity index (χ1n) is 10.8. The lowest BCUT2D eigenvalue weighted by atomic mass is 10.1. The molecule has 0 spiro atoms. The van der Waals surface area contributed by atoms with Crippen LogP contribution in [-0.4, -0.2) is 43.8 Å². The number of carboxylic acid groups (broad SMARTS) is 1. The second-order valence-electron chi connectivity index (χ2n) is 7.87. The van der Waals surface area contributed by atoms with Crippen molar-refractivity contribution in [2.75, 3.05) is 19.0 Å². The van der Waals surface area contributed by atoms with Crippen molar-refractivity contribution >= 4 is 11.8 Å². The number of hydrogen-bond donors (Lipinski definition) is 2. The third kappa shape index (κ3) is 4.82. The monoisotopic (exact) mass is 437 g/mol. The Morgan fingerprint density at radius 3 is 2.91 bits per heavy atom. The van der Waals surface area contributed by atoms with Gasteiger partial charge in [0.1, 0.15) is 5.82 Å². The summed E-state index contributed by atoms with van der Waals surface area (Å²) in [6.07, 6.45) is 8.37. The van der Waals surface area contributed by atoms with Gasteiger partial charge in [-0.2, -0.15) is 0 Å². The van der Waals surface area contributed by atoms with Crippen LogP contribution in [0.2, 0.25) is 0 Å². The molecular weight excluding hydrogens is 410 g/mol. The van der Waals surface area contributed by atoms with Crippen LogP contribution in [0.25, 0.3) is 0 Å². The van der Waals surface area contributed by atoms with Gasteiger partial charge >= 0.3 is 11.7 Å². The molecule has 0 saturated heterocycles. The predicted molar refractivity (Wildman–Crippen MR) is 119 cm³/mol. The van der Waals surface area contributed by atoms with E-state index < -0.39 is 12.0 Å². The Bertz CT molecular complexity index is 1140. The molecule has 1 atom stereocenters. The van der Waals surface area contributed by atoms with E-state index in [0.717, 1.165) is 43.7 Å². The number of rotatable bonds is 9. The molecule has 9 heteroatoms. The number of hydrogen-bond acceptors (Lipinski definition) is 6. The fourth-order valence-corrected chi connectivity index (χ4v) is 4.03. The Kier molecular flexibility index (Phi) is 6.53. The van der Waals surface area contributed by atoms with E-state index in [2.05, 4.69) is 22.4 Å². The third-order valence-corrected chi connectivity index (χ3v) is 5.71. The van der Waals surface area contributed by atoms with Crippen molar-refractivity contribution in [3.05, 3.63) is 70.2 Å². The molecule has 3 aromatic heterocycles. The fourth-order valence-electron chi connectivity index (χ4n) is 4.03. The van der Waals surface area contributed by atoms with Crippen molar-refractivity contribution in [1.82, 2.24) is 19.1 Å². The lowest BCUT2D eigenvalue weighted by molar-refractivity contribution is -0.137. The van der Waals surface area contributed by atoms with Gasteiger partial charge in [0.05, 0.1) is 19.6 Å².